The zero-order chi connectivity index (χ0) is 11.8. The number of fused-ring (bicyclic) bond motifs is 1. The second-order valence-corrected chi connectivity index (χ2v) is 4.46. The number of nitrogens with two attached hydrogens (primary N) is 1. The number of rotatable bonds is 3. The molecule has 1 aliphatic rings. The minimum Gasteiger partial charge on any atom is -0.338 e. The predicted molar refractivity (Wildman–Crippen MR) is 63.5 cm³/mol. The average Bonchev–Trinajstić information content (AvgIpc) is 2.79. The van der Waals surface area contributed by atoms with Gasteiger partial charge in [-0.25, -0.2) is 0 Å². The van der Waals surface area contributed by atoms with E-state index >= 15 is 0 Å². The van der Waals surface area contributed by atoms with Crippen LogP contribution < -0.4 is 5.73 Å². The molecule has 3 rings (SSSR count). The lowest BCUT2D eigenvalue weighted by atomic mass is 9.77. The van der Waals surface area contributed by atoms with Gasteiger partial charge in [0.25, 0.3) is 0 Å². The Morgan fingerprint density at radius 1 is 1.47 bits per heavy atom. The first kappa shape index (κ1) is 10.5. The normalized spacial score (nSPS) is 19.5. The van der Waals surface area contributed by atoms with Crippen molar-refractivity contribution in [3.05, 3.63) is 47.1 Å². The van der Waals surface area contributed by atoms with Crippen molar-refractivity contribution in [2.24, 2.45) is 5.73 Å². The number of aromatic nitrogens is 2. The molecule has 2 aromatic rings. The van der Waals surface area contributed by atoms with Gasteiger partial charge in [-0.1, -0.05) is 36.3 Å². The lowest BCUT2D eigenvalue weighted by Gasteiger charge is -2.27. The Kier molecular flexibility index (Phi) is 2.44. The van der Waals surface area contributed by atoms with E-state index in [1.54, 1.807) is 0 Å². The summed E-state index contributed by atoms with van der Waals surface area (Å²) in [6.07, 6.45) is 1.80. The van der Waals surface area contributed by atoms with Gasteiger partial charge in [0.15, 0.2) is 5.82 Å². The van der Waals surface area contributed by atoms with Gasteiger partial charge in [0.2, 0.25) is 5.89 Å². The highest BCUT2D eigenvalue weighted by atomic mass is 16.5. The van der Waals surface area contributed by atoms with E-state index in [2.05, 4.69) is 28.3 Å². The second-order valence-electron chi connectivity index (χ2n) is 4.46. The fourth-order valence-corrected chi connectivity index (χ4v) is 2.20. The van der Waals surface area contributed by atoms with Crippen LogP contribution in [-0.4, -0.2) is 10.1 Å². The summed E-state index contributed by atoms with van der Waals surface area (Å²) >= 11 is 0. The summed E-state index contributed by atoms with van der Waals surface area (Å²) in [6.45, 7) is 2.01. The second kappa shape index (κ2) is 3.96. The summed E-state index contributed by atoms with van der Waals surface area (Å²) < 4.78 is 5.20. The first-order valence-electron chi connectivity index (χ1n) is 5.96. The summed E-state index contributed by atoms with van der Waals surface area (Å²) in [6, 6.07) is 8.23. The smallest absolute Gasteiger partial charge is 0.243 e. The van der Waals surface area contributed by atoms with Crippen LogP contribution in [0.15, 0.2) is 28.8 Å². The Hall–Kier alpha value is -1.68. The van der Waals surface area contributed by atoms with Gasteiger partial charge in [0.1, 0.15) is 0 Å². The standard InChI is InChI=1S/C13H15N3O/c1-2-11(14)13-15-12(16-17-13)10-7-8-5-3-4-6-9(8)10/h3-6,10-11H,2,7,14H2,1H3/t10?,11-/m0/s1. The Bertz CT molecular complexity index is 535. The first-order chi connectivity index (χ1) is 8.29. The molecule has 1 heterocycles. The van der Waals surface area contributed by atoms with E-state index in [1.807, 2.05) is 13.0 Å². The molecule has 0 saturated heterocycles. The molecule has 88 valence electrons. The van der Waals surface area contributed by atoms with Crippen LogP contribution in [0.3, 0.4) is 0 Å². The van der Waals surface area contributed by atoms with Crippen molar-refractivity contribution < 1.29 is 4.52 Å². The molecule has 1 aromatic carbocycles. The topological polar surface area (TPSA) is 64.9 Å². The monoisotopic (exact) mass is 229 g/mol. The zero-order valence-corrected chi connectivity index (χ0v) is 9.76. The molecule has 4 nitrogen and oxygen atoms in total. The van der Waals surface area contributed by atoms with Crippen LogP contribution in [0.5, 0.6) is 0 Å². The highest BCUT2D eigenvalue weighted by Crippen LogP contribution is 2.38. The largest absolute Gasteiger partial charge is 0.338 e. The predicted octanol–water partition coefficient (Wildman–Crippen LogP) is 2.17. The lowest BCUT2D eigenvalue weighted by Crippen LogP contribution is -2.19. The van der Waals surface area contributed by atoms with Crippen molar-refractivity contribution in [2.75, 3.05) is 0 Å². The zero-order valence-electron chi connectivity index (χ0n) is 9.76. The summed E-state index contributed by atoms with van der Waals surface area (Å²) in [4.78, 5) is 4.40. The summed E-state index contributed by atoms with van der Waals surface area (Å²) in [5.41, 5.74) is 8.55. The van der Waals surface area contributed by atoms with Crippen LogP contribution in [0.1, 0.15) is 48.1 Å². The van der Waals surface area contributed by atoms with Gasteiger partial charge >= 0.3 is 0 Å². The molecule has 0 fully saturated rings. The van der Waals surface area contributed by atoms with E-state index in [-0.39, 0.29) is 12.0 Å². The molecule has 2 N–H and O–H groups in total. The van der Waals surface area contributed by atoms with Crippen LogP contribution in [0.2, 0.25) is 0 Å². The fourth-order valence-electron chi connectivity index (χ4n) is 2.20. The van der Waals surface area contributed by atoms with E-state index in [0.717, 1.165) is 18.7 Å². The molecule has 1 unspecified atom stereocenters. The van der Waals surface area contributed by atoms with E-state index < -0.39 is 0 Å². The van der Waals surface area contributed by atoms with Gasteiger partial charge in [0.05, 0.1) is 12.0 Å². The summed E-state index contributed by atoms with van der Waals surface area (Å²) in [5, 5.41) is 4.04. The van der Waals surface area contributed by atoms with E-state index in [0.29, 0.717) is 5.89 Å². The number of hydrogen-bond donors (Lipinski definition) is 1. The molecule has 17 heavy (non-hydrogen) atoms. The summed E-state index contributed by atoms with van der Waals surface area (Å²) in [7, 11) is 0. The van der Waals surface area contributed by atoms with Crippen LogP contribution >= 0.6 is 0 Å². The van der Waals surface area contributed by atoms with Crippen LogP contribution in [0, 0.1) is 0 Å². The minimum atomic E-state index is -0.147. The van der Waals surface area contributed by atoms with Gasteiger partial charge in [-0.15, -0.1) is 0 Å². The third kappa shape index (κ3) is 1.65. The van der Waals surface area contributed by atoms with Gasteiger partial charge in [-0.05, 0) is 24.0 Å². The molecule has 0 saturated carbocycles. The lowest BCUT2D eigenvalue weighted by molar-refractivity contribution is 0.346. The highest BCUT2D eigenvalue weighted by molar-refractivity contribution is 5.43. The molecule has 0 radical (unpaired) electrons. The molecule has 0 bridgehead atoms. The Morgan fingerprint density at radius 3 is 3.06 bits per heavy atom. The maximum Gasteiger partial charge on any atom is 0.243 e. The van der Waals surface area contributed by atoms with Crippen molar-refractivity contribution in [2.45, 2.75) is 31.7 Å². The Balaban J connectivity index is 1.86. The minimum absolute atomic E-state index is 0.147. The maximum absolute atomic E-state index is 5.87. The van der Waals surface area contributed by atoms with E-state index in [4.69, 9.17) is 10.3 Å². The quantitative estimate of drug-likeness (QED) is 0.876. The highest BCUT2D eigenvalue weighted by Gasteiger charge is 2.31. The van der Waals surface area contributed by atoms with Crippen molar-refractivity contribution in [3.63, 3.8) is 0 Å². The third-order valence-corrected chi connectivity index (χ3v) is 3.38. The Labute approximate surface area is 99.8 Å². The Morgan fingerprint density at radius 2 is 2.29 bits per heavy atom. The first-order valence-corrected chi connectivity index (χ1v) is 5.96. The molecule has 2 atom stereocenters. The van der Waals surface area contributed by atoms with Crippen LogP contribution in [0.25, 0.3) is 0 Å². The van der Waals surface area contributed by atoms with Gasteiger partial charge in [-0.2, -0.15) is 4.98 Å². The van der Waals surface area contributed by atoms with Crippen LogP contribution in [0.4, 0.5) is 0 Å². The number of benzene rings is 1. The molecule has 4 heteroatoms. The molecule has 0 amide bonds. The molecular weight excluding hydrogens is 214 g/mol. The summed E-state index contributed by atoms with van der Waals surface area (Å²) in [5.74, 6) is 1.60. The third-order valence-electron chi connectivity index (χ3n) is 3.38. The van der Waals surface area contributed by atoms with E-state index in [9.17, 15) is 0 Å². The molecule has 1 aromatic heterocycles. The van der Waals surface area contributed by atoms with Gasteiger partial charge in [-0.3, -0.25) is 0 Å². The van der Waals surface area contributed by atoms with Gasteiger partial charge < -0.3 is 10.3 Å². The molecule has 1 aliphatic carbocycles. The van der Waals surface area contributed by atoms with Crippen molar-refractivity contribution in [1.29, 1.82) is 0 Å². The van der Waals surface area contributed by atoms with Gasteiger partial charge in [0, 0.05) is 0 Å². The molecule has 0 spiro atoms. The molecule has 0 aliphatic heterocycles. The van der Waals surface area contributed by atoms with E-state index in [1.165, 1.54) is 11.1 Å². The SMILES string of the molecule is CC[C@H](N)c1nc(C2Cc3ccccc32)no1. The average molecular weight is 229 g/mol. The molecular formula is C13H15N3O. The number of nitrogens with zero attached hydrogens (tertiary/aromatic N) is 2. The van der Waals surface area contributed by atoms with Crippen molar-refractivity contribution >= 4 is 0 Å². The fraction of sp³-hybridized carbons (Fsp3) is 0.385. The number of hydrogen-bond acceptors (Lipinski definition) is 4. The van der Waals surface area contributed by atoms with Crippen molar-refractivity contribution in [1.82, 2.24) is 10.1 Å². The van der Waals surface area contributed by atoms with Crippen molar-refractivity contribution in [3.8, 4) is 0 Å². The maximum atomic E-state index is 5.87. The van der Waals surface area contributed by atoms with Crippen LogP contribution in [-0.2, 0) is 6.42 Å².